The number of hydrogen-bond acceptors (Lipinski definition) is 4. The second-order valence-corrected chi connectivity index (χ2v) is 8.20. The van der Waals surface area contributed by atoms with Crippen LogP contribution in [0.5, 0.6) is 0 Å². The molecule has 3 aromatic rings. The molecule has 0 radical (unpaired) electrons. The van der Waals surface area contributed by atoms with Crippen LogP contribution >= 0.6 is 22.9 Å². The molecule has 0 fully saturated rings. The van der Waals surface area contributed by atoms with Gasteiger partial charge >= 0.3 is 4.87 Å². The van der Waals surface area contributed by atoms with Gasteiger partial charge in [0.25, 0.3) is 0 Å². The Morgan fingerprint density at radius 1 is 1.15 bits per heavy atom. The van der Waals surface area contributed by atoms with E-state index < -0.39 is 26.6 Å². The number of aryl methyl sites for hydroxylation is 1. The van der Waals surface area contributed by atoms with Crippen molar-refractivity contribution in [2.45, 2.75) is 11.8 Å². The highest BCUT2D eigenvalue weighted by Crippen LogP contribution is 2.29. The second-order valence-electron chi connectivity index (χ2n) is 5.47. The summed E-state index contributed by atoms with van der Waals surface area (Å²) in [6.07, 6.45) is 0. The lowest BCUT2D eigenvalue weighted by Crippen LogP contribution is -2.17. The van der Waals surface area contributed by atoms with Gasteiger partial charge in [0.15, 0.2) is 4.90 Å². The van der Waals surface area contributed by atoms with Gasteiger partial charge in [0.1, 0.15) is 11.6 Å². The fourth-order valence-corrected chi connectivity index (χ4v) is 4.04. The maximum Gasteiger partial charge on any atom is 0.312 e. The molecule has 0 aliphatic carbocycles. The standard InChI is InChI=1S/C16H11ClF2N2O3S2/c1-8-4-10(2-3-11(8)17)21-14(7-25-16(21)22)9-5-12(18)15(13(19)6-9)26(20,23)24/h2-7H,1H3,(H2,20,23,24). The number of thiazole rings is 1. The van der Waals surface area contributed by atoms with E-state index >= 15 is 0 Å². The van der Waals surface area contributed by atoms with Gasteiger partial charge in [0.05, 0.1) is 11.4 Å². The zero-order chi connectivity index (χ0) is 19.2. The molecule has 2 N–H and O–H groups in total. The van der Waals surface area contributed by atoms with Crippen LogP contribution < -0.4 is 10.0 Å². The van der Waals surface area contributed by atoms with Gasteiger partial charge in [-0.1, -0.05) is 22.9 Å². The molecule has 0 aliphatic heterocycles. The fourth-order valence-electron chi connectivity index (χ4n) is 2.50. The zero-order valence-electron chi connectivity index (χ0n) is 13.2. The molecule has 26 heavy (non-hydrogen) atoms. The molecule has 1 aromatic heterocycles. The molecule has 10 heteroatoms. The van der Waals surface area contributed by atoms with E-state index in [2.05, 4.69) is 0 Å². The Bertz CT molecular complexity index is 1160. The number of halogens is 3. The molecule has 1 heterocycles. The summed E-state index contributed by atoms with van der Waals surface area (Å²) in [5.41, 5.74) is 1.39. The lowest BCUT2D eigenvalue weighted by atomic mass is 10.1. The third kappa shape index (κ3) is 3.30. The summed E-state index contributed by atoms with van der Waals surface area (Å²) in [7, 11) is -4.56. The van der Waals surface area contributed by atoms with E-state index in [1.807, 2.05) is 0 Å². The highest BCUT2D eigenvalue weighted by atomic mass is 35.5. The van der Waals surface area contributed by atoms with Crippen LogP contribution in [0.1, 0.15) is 5.56 Å². The van der Waals surface area contributed by atoms with Crippen LogP contribution in [0.15, 0.2) is 45.4 Å². The minimum atomic E-state index is -4.56. The first kappa shape index (κ1) is 18.7. The summed E-state index contributed by atoms with van der Waals surface area (Å²) in [6.45, 7) is 1.75. The summed E-state index contributed by atoms with van der Waals surface area (Å²) in [4.78, 5) is 10.7. The van der Waals surface area contributed by atoms with Gasteiger partial charge in [-0.15, -0.1) is 0 Å². The third-order valence-corrected chi connectivity index (χ3v) is 5.78. The zero-order valence-corrected chi connectivity index (χ0v) is 15.6. The van der Waals surface area contributed by atoms with Gasteiger partial charge in [-0.3, -0.25) is 9.36 Å². The highest BCUT2D eigenvalue weighted by Gasteiger charge is 2.23. The van der Waals surface area contributed by atoms with Gasteiger partial charge in [-0.2, -0.15) is 0 Å². The molecule has 0 atom stereocenters. The number of rotatable bonds is 3. The number of nitrogens with two attached hydrogens (primary N) is 1. The van der Waals surface area contributed by atoms with Crippen LogP contribution in [-0.2, 0) is 10.0 Å². The SMILES string of the molecule is Cc1cc(-n2c(-c3cc(F)c(S(N)(=O)=O)c(F)c3)csc2=O)ccc1Cl. The van der Waals surface area contributed by atoms with Crippen molar-refractivity contribution >= 4 is 33.0 Å². The predicted octanol–water partition coefficient (Wildman–Crippen LogP) is 3.45. The number of hydrogen-bond donors (Lipinski definition) is 1. The number of benzene rings is 2. The topological polar surface area (TPSA) is 82.2 Å². The largest absolute Gasteiger partial charge is 0.312 e. The minimum absolute atomic E-state index is 0.00152. The van der Waals surface area contributed by atoms with Crippen LogP contribution in [0.2, 0.25) is 5.02 Å². The Hall–Kier alpha value is -2.07. The van der Waals surface area contributed by atoms with E-state index in [1.54, 1.807) is 25.1 Å². The molecular weight excluding hydrogens is 406 g/mol. The maximum atomic E-state index is 14.1. The molecule has 0 amide bonds. The number of aromatic nitrogens is 1. The first-order valence-electron chi connectivity index (χ1n) is 7.09. The van der Waals surface area contributed by atoms with Crippen molar-refractivity contribution in [3.63, 3.8) is 0 Å². The van der Waals surface area contributed by atoms with E-state index in [0.29, 0.717) is 10.7 Å². The summed E-state index contributed by atoms with van der Waals surface area (Å²) in [5, 5.41) is 6.76. The molecular formula is C16H11ClF2N2O3S2. The van der Waals surface area contributed by atoms with Crippen LogP contribution in [0.4, 0.5) is 8.78 Å². The van der Waals surface area contributed by atoms with Gasteiger partial charge < -0.3 is 0 Å². The minimum Gasteiger partial charge on any atom is -0.267 e. The molecule has 0 unspecified atom stereocenters. The monoisotopic (exact) mass is 416 g/mol. The lowest BCUT2D eigenvalue weighted by molar-refractivity contribution is 0.520. The summed E-state index contributed by atoms with van der Waals surface area (Å²) >= 11 is 6.83. The van der Waals surface area contributed by atoms with Crippen LogP contribution in [-0.4, -0.2) is 13.0 Å². The van der Waals surface area contributed by atoms with Crippen LogP contribution in [0.25, 0.3) is 16.9 Å². The van der Waals surface area contributed by atoms with Crippen LogP contribution in [0, 0.1) is 18.6 Å². The fraction of sp³-hybridized carbons (Fsp3) is 0.0625. The molecule has 0 aliphatic rings. The molecule has 5 nitrogen and oxygen atoms in total. The Kier molecular flexibility index (Phi) is 4.74. The Morgan fingerprint density at radius 3 is 2.31 bits per heavy atom. The molecule has 136 valence electrons. The van der Waals surface area contributed by atoms with Crippen molar-refractivity contribution in [2.24, 2.45) is 5.14 Å². The number of primary sulfonamides is 1. The quantitative estimate of drug-likeness (QED) is 0.709. The van der Waals surface area contributed by atoms with Crippen molar-refractivity contribution < 1.29 is 17.2 Å². The Labute approximate surface area is 156 Å². The van der Waals surface area contributed by atoms with Crippen molar-refractivity contribution in [1.82, 2.24) is 4.57 Å². The van der Waals surface area contributed by atoms with Crippen molar-refractivity contribution in [1.29, 1.82) is 0 Å². The van der Waals surface area contributed by atoms with E-state index in [1.165, 1.54) is 9.95 Å². The first-order chi connectivity index (χ1) is 12.1. The predicted molar refractivity (Wildman–Crippen MR) is 96.4 cm³/mol. The van der Waals surface area contributed by atoms with E-state index in [9.17, 15) is 22.0 Å². The average molecular weight is 417 g/mol. The maximum absolute atomic E-state index is 14.1. The lowest BCUT2D eigenvalue weighted by Gasteiger charge is -2.11. The summed E-state index contributed by atoms with van der Waals surface area (Å²) in [5.74, 6) is -2.67. The smallest absolute Gasteiger partial charge is 0.267 e. The molecule has 3 rings (SSSR count). The van der Waals surface area contributed by atoms with Crippen molar-refractivity contribution in [3.8, 4) is 16.9 Å². The number of nitrogens with zero attached hydrogens (tertiary/aromatic N) is 1. The van der Waals surface area contributed by atoms with Crippen molar-refractivity contribution in [3.05, 3.63) is 67.6 Å². The number of sulfonamides is 1. The van der Waals surface area contributed by atoms with Gasteiger partial charge in [0, 0.05) is 16.0 Å². The van der Waals surface area contributed by atoms with Crippen molar-refractivity contribution in [2.75, 3.05) is 0 Å². The molecule has 0 spiro atoms. The summed E-state index contributed by atoms with van der Waals surface area (Å²) in [6, 6.07) is 6.50. The van der Waals surface area contributed by atoms with Gasteiger partial charge in [-0.25, -0.2) is 22.3 Å². The van der Waals surface area contributed by atoms with Gasteiger partial charge in [-0.05, 0) is 42.8 Å². The molecule has 0 saturated heterocycles. The highest BCUT2D eigenvalue weighted by molar-refractivity contribution is 7.89. The molecule has 2 aromatic carbocycles. The molecule has 0 bridgehead atoms. The second kappa shape index (κ2) is 6.58. The van der Waals surface area contributed by atoms with E-state index in [0.717, 1.165) is 29.0 Å². The third-order valence-electron chi connectivity index (χ3n) is 3.67. The Balaban J connectivity index is 2.24. The van der Waals surface area contributed by atoms with Crippen LogP contribution in [0.3, 0.4) is 0 Å². The van der Waals surface area contributed by atoms with Gasteiger partial charge in [0.2, 0.25) is 10.0 Å². The summed E-state index contributed by atoms with van der Waals surface area (Å²) < 4.78 is 52.2. The van der Waals surface area contributed by atoms with E-state index in [4.69, 9.17) is 16.7 Å². The molecule has 0 saturated carbocycles. The average Bonchev–Trinajstić information content (AvgIpc) is 2.89. The Morgan fingerprint density at radius 2 is 1.77 bits per heavy atom. The normalized spacial score (nSPS) is 11.7. The van der Waals surface area contributed by atoms with E-state index in [-0.39, 0.29) is 16.1 Å². The first-order valence-corrected chi connectivity index (χ1v) is 9.89.